The third-order valence-electron chi connectivity index (χ3n) is 3.01. The summed E-state index contributed by atoms with van der Waals surface area (Å²) >= 11 is 0. The van der Waals surface area contributed by atoms with Gasteiger partial charge in [-0.05, 0) is 36.4 Å². The Morgan fingerprint density at radius 3 is 2.33 bits per heavy atom. The number of nitrogens with zero attached hydrogens (tertiary/aromatic N) is 1. The van der Waals surface area contributed by atoms with Gasteiger partial charge in [-0.3, -0.25) is 9.59 Å². The number of benzene rings is 2. The van der Waals surface area contributed by atoms with Gasteiger partial charge in [0.15, 0.2) is 0 Å². The van der Waals surface area contributed by atoms with Crippen molar-refractivity contribution in [2.45, 2.75) is 0 Å². The fourth-order valence-corrected chi connectivity index (χ4v) is 1.95. The average Bonchev–Trinajstić information content (AvgIpc) is 2.48. The molecule has 21 heavy (non-hydrogen) atoms. The van der Waals surface area contributed by atoms with E-state index in [1.165, 1.54) is 0 Å². The van der Waals surface area contributed by atoms with Gasteiger partial charge in [0.1, 0.15) is 0 Å². The molecular weight excluding hydrogens is 266 g/mol. The molecule has 0 unspecified atom stereocenters. The number of nitrogens with one attached hydrogen (secondary N) is 2. The summed E-state index contributed by atoms with van der Waals surface area (Å²) in [4.78, 5) is 24.5. The van der Waals surface area contributed by atoms with Crippen molar-refractivity contribution in [2.75, 3.05) is 29.6 Å². The molecule has 2 amide bonds. The van der Waals surface area contributed by atoms with Gasteiger partial charge in [0.05, 0.1) is 11.4 Å². The van der Waals surface area contributed by atoms with Crippen LogP contribution in [0, 0.1) is 0 Å². The molecule has 0 aromatic heterocycles. The number of anilines is 3. The maximum Gasteiger partial charge on any atom is 0.255 e. The first-order chi connectivity index (χ1) is 10.1. The first-order valence-electron chi connectivity index (χ1n) is 6.50. The lowest BCUT2D eigenvalue weighted by molar-refractivity contribution is -0.105. The number of rotatable bonds is 5. The summed E-state index contributed by atoms with van der Waals surface area (Å²) in [5, 5.41) is 5.42. The Hall–Kier alpha value is -2.82. The van der Waals surface area contributed by atoms with Crippen molar-refractivity contribution in [2.24, 2.45) is 0 Å². The predicted octanol–water partition coefficient (Wildman–Crippen LogP) is 2.57. The maximum absolute atomic E-state index is 12.2. The fourth-order valence-electron chi connectivity index (χ4n) is 1.95. The SMILES string of the molecule is CN(C)c1ccccc1NC(=O)c1ccc(NC=O)cc1. The zero-order valence-corrected chi connectivity index (χ0v) is 12.0. The molecular formula is C16H17N3O2. The molecule has 0 saturated carbocycles. The van der Waals surface area contributed by atoms with Crippen molar-refractivity contribution in [1.29, 1.82) is 0 Å². The molecule has 0 heterocycles. The molecule has 2 aromatic carbocycles. The van der Waals surface area contributed by atoms with Crippen LogP contribution in [-0.2, 0) is 4.79 Å². The van der Waals surface area contributed by atoms with Gasteiger partial charge in [-0.1, -0.05) is 12.1 Å². The van der Waals surface area contributed by atoms with Crippen LogP contribution in [0.25, 0.3) is 0 Å². The van der Waals surface area contributed by atoms with Crippen LogP contribution < -0.4 is 15.5 Å². The molecule has 2 N–H and O–H groups in total. The third-order valence-corrected chi connectivity index (χ3v) is 3.01. The minimum Gasteiger partial charge on any atom is -0.376 e. The number of hydrogen-bond acceptors (Lipinski definition) is 3. The molecule has 0 atom stereocenters. The third kappa shape index (κ3) is 3.60. The summed E-state index contributed by atoms with van der Waals surface area (Å²) in [6.07, 6.45) is 0.600. The maximum atomic E-state index is 12.2. The first-order valence-corrected chi connectivity index (χ1v) is 6.50. The Bertz CT molecular complexity index is 636. The highest BCUT2D eigenvalue weighted by Crippen LogP contribution is 2.24. The molecule has 5 heteroatoms. The molecule has 5 nitrogen and oxygen atoms in total. The Morgan fingerprint density at radius 2 is 1.71 bits per heavy atom. The molecule has 0 spiro atoms. The Balaban J connectivity index is 2.16. The lowest BCUT2D eigenvalue weighted by atomic mass is 10.2. The van der Waals surface area contributed by atoms with Gasteiger partial charge in [0.25, 0.3) is 5.91 Å². The molecule has 2 rings (SSSR count). The highest BCUT2D eigenvalue weighted by Gasteiger charge is 2.09. The number of carbonyl (C=O) groups is 2. The Morgan fingerprint density at radius 1 is 1.05 bits per heavy atom. The van der Waals surface area contributed by atoms with E-state index in [4.69, 9.17) is 0 Å². The van der Waals surface area contributed by atoms with Gasteiger partial charge < -0.3 is 15.5 Å². The van der Waals surface area contributed by atoms with Crippen LogP contribution in [-0.4, -0.2) is 26.4 Å². The van der Waals surface area contributed by atoms with Crippen molar-refractivity contribution in [3.8, 4) is 0 Å². The highest BCUT2D eigenvalue weighted by atomic mass is 16.1. The monoisotopic (exact) mass is 283 g/mol. The quantitative estimate of drug-likeness (QED) is 0.829. The molecule has 0 fully saturated rings. The summed E-state index contributed by atoms with van der Waals surface area (Å²) < 4.78 is 0. The molecule has 0 bridgehead atoms. The van der Waals surface area contributed by atoms with Gasteiger partial charge in [-0.2, -0.15) is 0 Å². The molecule has 0 aliphatic heterocycles. The summed E-state index contributed by atoms with van der Waals surface area (Å²) in [6, 6.07) is 14.3. The lowest BCUT2D eigenvalue weighted by Crippen LogP contribution is -2.16. The summed E-state index contributed by atoms with van der Waals surface area (Å²) in [6.45, 7) is 0. The topological polar surface area (TPSA) is 61.4 Å². The van der Waals surface area contributed by atoms with Gasteiger partial charge in [0.2, 0.25) is 6.41 Å². The molecule has 0 aliphatic carbocycles. The van der Waals surface area contributed by atoms with E-state index in [1.54, 1.807) is 24.3 Å². The zero-order chi connectivity index (χ0) is 15.2. The van der Waals surface area contributed by atoms with E-state index in [1.807, 2.05) is 43.3 Å². The summed E-state index contributed by atoms with van der Waals surface area (Å²) in [7, 11) is 3.84. The van der Waals surface area contributed by atoms with E-state index in [2.05, 4.69) is 10.6 Å². The van der Waals surface area contributed by atoms with Crippen molar-refractivity contribution in [3.63, 3.8) is 0 Å². The second-order valence-electron chi connectivity index (χ2n) is 4.71. The first kappa shape index (κ1) is 14.6. The van der Waals surface area contributed by atoms with E-state index >= 15 is 0 Å². The Labute approximate surface area is 123 Å². The molecule has 0 radical (unpaired) electrons. The fraction of sp³-hybridized carbons (Fsp3) is 0.125. The molecule has 2 aromatic rings. The zero-order valence-electron chi connectivity index (χ0n) is 12.0. The van der Waals surface area contributed by atoms with Crippen LogP contribution in [0.3, 0.4) is 0 Å². The number of amides is 2. The highest BCUT2D eigenvalue weighted by molar-refractivity contribution is 6.06. The van der Waals surface area contributed by atoms with E-state index in [9.17, 15) is 9.59 Å². The minimum absolute atomic E-state index is 0.193. The van der Waals surface area contributed by atoms with Crippen LogP contribution in [0.15, 0.2) is 48.5 Å². The van der Waals surface area contributed by atoms with Gasteiger partial charge in [-0.25, -0.2) is 0 Å². The molecule has 108 valence electrons. The van der Waals surface area contributed by atoms with Crippen molar-refractivity contribution >= 4 is 29.4 Å². The van der Waals surface area contributed by atoms with E-state index in [0.29, 0.717) is 17.7 Å². The van der Waals surface area contributed by atoms with Crippen LogP contribution in [0.4, 0.5) is 17.1 Å². The van der Waals surface area contributed by atoms with Crippen LogP contribution in [0.5, 0.6) is 0 Å². The molecule has 0 aliphatic rings. The van der Waals surface area contributed by atoms with Crippen molar-refractivity contribution in [1.82, 2.24) is 0 Å². The predicted molar refractivity (Wildman–Crippen MR) is 84.9 cm³/mol. The summed E-state index contributed by atoms with van der Waals surface area (Å²) in [5.41, 5.74) is 2.86. The van der Waals surface area contributed by atoms with E-state index in [-0.39, 0.29) is 5.91 Å². The van der Waals surface area contributed by atoms with Crippen LogP contribution >= 0.6 is 0 Å². The van der Waals surface area contributed by atoms with Gasteiger partial charge >= 0.3 is 0 Å². The number of hydrogen-bond donors (Lipinski definition) is 2. The van der Waals surface area contributed by atoms with Gasteiger partial charge in [-0.15, -0.1) is 0 Å². The molecule has 0 saturated heterocycles. The smallest absolute Gasteiger partial charge is 0.255 e. The standard InChI is InChI=1S/C16H17N3O2/c1-19(2)15-6-4-3-5-14(15)18-16(21)12-7-9-13(10-8-12)17-11-20/h3-11H,1-2H3,(H,17,20)(H,18,21). The minimum atomic E-state index is -0.193. The van der Waals surface area contributed by atoms with Crippen molar-refractivity contribution < 1.29 is 9.59 Å². The average molecular weight is 283 g/mol. The second-order valence-corrected chi connectivity index (χ2v) is 4.71. The van der Waals surface area contributed by atoms with Gasteiger partial charge in [0, 0.05) is 25.3 Å². The lowest BCUT2D eigenvalue weighted by Gasteiger charge is -2.17. The van der Waals surface area contributed by atoms with E-state index in [0.717, 1.165) is 11.4 Å². The van der Waals surface area contributed by atoms with E-state index < -0.39 is 0 Å². The van der Waals surface area contributed by atoms with Crippen LogP contribution in [0.2, 0.25) is 0 Å². The number of carbonyl (C=O) groups excluding carboxylic acids is 2. The van der Waals surface area contributed by atoms with Crippen LogP contribution in [0.1, 0.15) is 10.4 Å². The number of para-hydroxylation sites is 2. The Kier molecular flexibility index (Phi) is 4.56. The summed E-state index contributed by atoms with van der Waals surface area (Å²) in [5.74, 6) is -0.193. The largest absolute Gasteiger partial charge is 0.376 e. The normalized spacial score (nSPS) is 9.81. The second kappa shape index (κ2) is 6.56. The van der Waals surface area contributed by atoms with Crippen molar-refractivity contribution in [3.05, 3.63) is 54.1 Å².